The van der Waals surface area contributed by atoms with Crippen LogP contribution in [0.4, 0.5) is 0 Å². The van der Waals surface area contributed by atoms with Crippen LogP contribution in [0.25, 0.3) is 0 Å². The van der Waals surface area contributed by atoms with Crippen molar-refractivity contribution >= 4 is 100 Å². The average molecular weight is 545 g/mol. The molecule has 0 aromatic heterocycles. The van der Waals surface area contributed by atoms with Crippen LogP contribution in [0.15, 0.2) is 33.5 Å². The predicted molar refractivity (Wildman–Crippen MR) is 118 cm³/mol. The van der Waals surface area contributed by atoms with E-state index in [4.69, 9.17) is 0 Å². The summed E-state index contributed by atoms with van der Waals surface area (Å²) >= 11 is 14.0. The van der Waals surface area contributed by atoms with Gasteiger partial charge >= 0.3 is 178 Å². The van der Waals surface area contributed by atoms with Crippen LogP contribution in [0, 0.1) is 0 Å². The van der Waals surface area contributed by atoms with Gasteiger partial charge in [0.25, 0.3) is 0 Å². The van der Waals surface area contributed by atoms with Crippen LogP contribution in [0.2, 0.25) is 0 Å². The fourth-order valence-electron chi connectivity index (χ4n) is 2.74. The summed E-state index contributed by atoms with van der Waals surface area (Å²) < 4.78 is 11.9. The molecule has 0 radical (unpaired) electrons. The number of allylic oxidation sites excluding steroid dienone is 1. The zero-order chi connectivity index (χ0) is 15.2. The maximum atomic E-state index is 2.17. The van der Waals surface area contributed by atoms with Crippen molar-refractivity contribution in [3.8, 4) is 0 Å². The van der Waals surface area contributed by atoms with Crippen LogP contribution in [0.5, 0.6) is 0 Å². The molecule has 0 atom stereocenters. The third-order valence-corrected chi connectivity index (χ3v) is 21.6. The van der Waals surface area contributed by atoms with E-state index in [1.54, 1.807) is 30.1 Å². The Morgan fingerprint density at radius 1 is 0.609 bits per heavy atom. The second-order valence-corrected chi connectivity index (χ2v) is 19.6. The molecule has 0 aromatic carbocycles. The van der Waals surface area contributed by atoms with Crippen molar-refractivity contribution in [2.45, 2.75) is 32.1 Å². The van der Waals surface area contributed by atoms with Crippen LogP contribution in [0.3, 0.4) is 0 Å². The minimum atomic E-state index is 0.647. The molecule has 4 heterocycles. The first kappa shape index (κ1) is 17.2. The Bertz CT molecular complexity index is 640. The summed E-state index contributed by atoms with van der Waals surface area (Å²) in [5, 5.41) is 0. The molecule has 1 aliphatic carbocycles. The van der Waals surface area contributed by atoms with E-state index in [9.17, 15) is 0 Å². The molecule has 122 valence electrons. The monoisotopic (exact) mass is 546 g/mol. The van der Waals surface area contributed by atoms with Gasteiger partial charge in [0, 0.05) is 0 Å². The van der Waals surface area contributed by atoms with Crippen LogP contribution in [0.1, 0.15) is 32.1 Å². The zero-order valence-corrected chi connectivity index (χ0v) is 20.5. The summed E-state index contributed by atoms with van der Waals surface area (Å²) in [7, 11) is 0. The van der Waals surface area contributed by atoms with E-state index in [1.165, 1.54) is 43.6 Å². The fourth-order valence-corrected chi connectivity index (χ4v) is 22.4. The first-order valence-electron chi connectivity index (χ1n) is 7.64. The van der Waals surface area contributed by atoms with Crippen molar-refractivity contribution in [2.75, 3.05) is 11.5 Å². The van der Waals surface area contributed by atoms with E-state index in [0.29, 0.717) is 29.9 Å². The molecule has 0 unspecified atom stereocenters. The molecule has 0 saturated heterocycles. The molecule has 0 N–H and O–H groups in total. The summed E-state index contributed by atoms with van der Waals surface area (Å²) in [5.74, 6) is 2.70. The van der Waals surface area contributed by atoms with Crippen molar-refractivity contribution in [3.63, 3.8) is 0 Å². The topological polar surface area (TPSA) is 0 Å². The van der Waals surface area contributed by atoms with Gasteiger partial charge in [-0.05, 0) is 0 Å². The second kappa shape index (κ2) is 7.61. The molecule has 1 fully saturated rings. The maximum absolute atomic E-state index is 2.17. The van der Waals surface area contributed by atoms with Gasteiger partial charge in [-0.15, -0.1) is 0 Å². The van der Waals surface area contributed by atoms with E-state index >= 15 is 0 Å². The van der Waals surface area contributed by atoms with Gasteiger partial charge in [0.2, 0.25) is 0 Å². The normalized spacial score (nSPS) is 28.2. The van der Waals surface area contributed by atoms with Gasteiger partial charge in [-0.2, -0.15) is 0 Å². The number of hydrogen-bond donors (Lipinski definition) is 0. The third-order valence-electron chi connectivity index (χ3n) is 3.86. The van der Waals surface area contributed by atoms with E-state index in [0.717, 1.165) is 0 Å². The van der Waals surface area contributed by atoms with Crippen molar-refractivity contribution in [1.82, 2.24) is 0 Å². The molecule has 1 saturated carbocycles. The fraction of sp³-hybridized carbons (Fsp3) is 0.467. The molecule has 0 bridgehead atoms. The minimum absolute atomic E-state index is 0.647. The van der Waals surface area contributed by atoms with Crippen LogP contribution in [-0.4, -0.2) is 41.4 Å². The molecule has 0 aromatic rings. The van der Waals surface area contributed by atoms with E-state index in [1.807, 2.05) is 3.37 Å². The van der Waals surface area contributed by atoms with Crippen molar-refractivity contribution in [2.24, 2.45) is 0 Å². The molecule has 5 aliphatic rings. The Morgan fingerprint density at radius 2 is 1.17 bits per heavy atom. The third kappa shape index (κ3) is 3.61. The molecule has 0 nitrogen and oxygen atoms in total. The zero-order valence-electron chi connectivity index (χ0n) is 12.2. The van der Waals surface area contributed by atoms with E-state index in [2.05, 4.69) is 70.6 Å². The van der Waals surface area contributed by atoms with Gasteiger partial charge in [0.15, 0.2) is 0 Å². The van der Waals surface area contributed by atoms with Crippen LogP contribution >= 0.6 is 70.6 Å². The van der Waals surface area contributed by atoms with Gasteiger partial charge < -0.3 is 0 Å². The summed E-state index contributed by atoms with van der Waals surface area (Å²) in [6.45, 7) is 0. The molecule has 5 rings (SSSR count). The van der Waals surface area contributed by atoms with Crippen LogP contribution < -0.4 is 0 Å². The predicted octanol–water partition coefficient (Wildman–Crippen LogP) is 6.40. The number of thioether (sulfide) groups is 6. The molecule has 0 spiro atoms. The molecular weight excluding hydrogens is 530 g/mol. The van der Waals surface area contributed by atoms with E-state index in [-0.39, 0.29) is 0 Å². The number of rotatable bonds is 0. The van der Waals surface area contributed by atoms with Gasteiger partial charge in [-0.3, -0.25) is 0 Å². The SMILES string of the molecule is C1CSC2=C(SC1)[Se]C(=C1SC3=C(SC(=C4CCCC4)S3)S1)[Se]2. The first-order valence-corrected chi connectivity index (χ1v) is 16.3. The molecule has 23 heavy (non-hydrogen) atoms. The molecule has 0 amide bonds. The Balaban J connectivity index is 1.29. The Morgan fingerprint density at radius 3 is 1.78 bits per heavy atom. The second-order valence-electron chi connectivity index (χ2n) is 5.49. The van der Waals surface area contributed by atoms with Gasteiger partial charge in [-0.25, -0.2) is 0 Å². The number of hydrogen-bond acceptors (Lipinski definition) is 6. The Labute approximate surface area is 175 Å². The standard InChI is InChI=1S/C15H14S6Se2/c1-2-5-8(4-1)9-18-10-11(19-9)21-12(20-10)15-22-13-14(23-15)17-7-3-6-16-13/h1-7H2. The summed E-state index contributed by atoms with van der Waals surface area (Å²) in [5.41, 5.74) is 1.75. The van der Waals surface area contributed by atoms with E-state index < -0.39 is 0 Å². The van der Waals surface area contributed by atoms with Crippen molar-refractivity contribution in [3.05, 3.63) is 33.5 Å². The summed E-state index contributed by atoms with van der Waals surface area (Å²) in [6, 6.07) is 0. The van der Waals surface area contributed by atoms with Gasteiger partial charge in [0.05, 0.1) is 0 Å². The van der Waals surface area contributed by atoms with Gasteiger partial charge in [-0.1, -0.05) is 0 Å². The molecule has 4 aliphatic heterocycles. The van der Waals surface area contributed by atoms with Crippen molar-refractivity contribution < 1.29 is 0 Å². The molecule has 8 heteroatoms. The quantitative estimate of drug-likeness (QED) is 0.321. The van der Waals surface area contributed by atoms with Crippen LogP contribution in [-0.2, 0) is 0 Å². The Hall–Kier alpha value is 2.10. The van der Waals surface area contributed by atoms with Crippen molar-refractivity contribution in [1.29, 1.82) is 0 Å². The molecular formula is C15H14S6Se2. The summed E-state index contributed by atoms with van der Waals surface area (Å²) in [6.07, 6.45) is 6.94. The first-order chi connectivity index (χ1) is 11.4. The summed E-state index contributed by atoms with van der Waals surface area (Å²) in [4.78, 5) is 0. The van der Waals surface area contributed by atoms with Gasteiger partial charge in [0.1, 0.15) is 0 Å². The average Bonchev–Trinajstić information content (AvgIpc) is 3.27. The Kier molecular flexibility index (Phi) is 5.70.